The Bertz CT molecular complexity index is 338. The molecule has 0 amide bonds. The molecule has 0 saturated heterocycles. The normalized spacial score (nSPS) is 8.83. The molecule has 0 heterocycles. The molecule has 1 aromatic carbocycles. The van der Waals surface area contributed by atoms with Crippen LogP contribution in [0, 0.1) is 17.7 Å². The van der Waals surface area contributed by atoms with E-state index < -0.39 is 0 Å². The maximum absolute atomic E-state index is 12.9. The molecule has 0 fully saturated rings. The van der Waals surface area contributed by atoms with E-state index in [2.05, 4.69) is 11.8 Å². The zero-order valence-electron chi connectivity index (χ0n) is 6.27. The molecule has 0 aliphatic heterocycles. The summed E-state index contributed by atoms with van der Waals surface area (Å²) in [5, 5.41) is 0. The third-order valence-electron chi connectivity index (χ3n) is 1.28. The highest BCUT2D eigenvalue weighted by Crippen LogP contribution is 2.10. The lowest BCUT2D eigenvalue weighted by atomic mass is 10.2. The third kappa shape index (κ3) is 2.14. The van der Waals surface area contributed by atoms with Crippen molar-refractivity contribution in [3.63, 3.8) is 0 Å². The fourth-order valence-electron chi connectivity index (χ4n) is 0.767. The van der Waals surface area contributed by atoms with Gasteiger partial charge in [0.15, 0.2) is 0 Å². The molecule has 0 unspecified atom stereocenters. The van der Waals surface area contributed by atoms with Crippen LogP contribution in [0.3, 0.4) is 0 Å². The summed E-state index contributed by atoms with van der Waals surface area (Å²) in [6.07, 6.45) is 0. The van der Waals surface area contributed by atoms with Gasteiger partial charge in [0, 0.05) is 5.69 Å². The van der Waals surface area contributed by atoms with Crippen LogP contribution in [0.2, 0.25) is 0 Å². The van der Waals surface area contributed by atoms with Gasteiger partial charge in [-0.15, -0.1) is 11.6 Å². The standard InChI is InChI=1S/C9H7ClFN/c10-5-1-2-7-6-8(12)3-4-9(7)11/h3-4,6H,5,12H2. The molecule has 0 saturated carbocycles. The number of alkyl halides is 1. The summed E-state index contributed by atoms with van der Waals surface area (Å²) in [5.41, 5.74) is 6.22. The van der Waals surface area contributed by atoms with Crippen molar-refractivity contribution in [2.45, 2.75) is 0 Å². The van der Waals surface area contributed by atoms with Gasteiger partial charge in [0.2, 0.25) is 0 Å². The van der Waals surface area contributed by atoms with Crippen molar-refractivity contribution in [3.05, 3.63) is 29.6 Å². The van der Waals surface area contributed by atoms with Crippen LogP contribution in [-0.2, 0) is 0 Å². The summed E-state index contributed by atoms with van der Waals surface area (Å²) < 4.78 is 12.9. The largest absolute Gasteiger partial charge is 0.399 e. The summed E-state index contributed by atoms with van der Waals surface area (Å²) >= 11 is 5.32. The van der Waals surface area contributed by atoms with Crippen LogP contribution in [0.15, 0.2) is 18.2 Å². The van der Waals surface area contributed by atoms with Crippen LogP contribution >= 0.6 is 11.6 Å². The van der Waals surface area contributed by atoms with Gasteiger partial charge < -0.3 is 5.73 Å². The third-order valence-corrected chi connectivity index (χ3v) is 1.41. The molecule has 0 aliphatic carbocycles. The smallest absolute Gasteiger partial charge is 0.138 e. The van der Waals surface area contributed by atoms with Crippen molar-refractivity contribution in [3.8, 4) is 11.8 Å². The van der Waals surface area contributed by atoms with E-state index in [4.69, 9.17) is 17.3 Å². The Labute approximate surface area is 75.3 Å². The van der Waals surface area contributed by atoms with E-state index in [1.165, 1.54) is 18.2 Å². The number of nitrogens with two attached hydrogens (primary N) is 1. The highest BCUT2D eigenvalue weighted by Gasteiger charge is 1.97. The van der Waals surface area contributed by atoms with Gasteiger partial charge in [0.1, 0.15) is 5.82 Å². The van der Waals surface area contributed by atoms with Crippen molar-refractivity contribution in [1.82, 2.24) is 0 Å². The SMILES string of the molecule is Nc1ccc(F)c(C#CCCl)c1. The Morgan fingerprint density at radius 1 is 1.50 bits per heavy atom. The topological polar surface area (TPSA) is 26.0 Å². The van der Waals surface area contributed by atoms with Gasteiger partial charge in [-0.3, -0.25) is 0 Å². The van der Waals surface area contributed by atoms with Crippen molar-refractivity contribution in [1.29, 1.82) is 0 Å². The van der Waals surface area contributed by atoms with Crippen LogP contribution in [-0.4, -0.2) is 5.88 Å². The number of nitrogen functional groups attached to an aromatic ring is 1. The first-order valence-corrected chi connectivity index (χ1v) is 3.87. The van der Waals surface area contributed by atoms with E-state index >= 15 is 0 Å². The van der Waals surface area contributed by atoms with Gasteiger partial charge in [-0.25, -0.2) is 4.39 Å². The lowest BCUT2D eigenvalue weighted by Crippen LogP contribution is -1.89. The van der Waals surface area contributed by atoms with Crippen LogP contribution in [0.4, 0.5) is 10.1 Å². The van der Waals surface area contributed by atoms with E-state index in [0.717, 1.165) is 0 Å². The second kappa shape index (κ2) is 3.99. The van der Waals surface area contributed by atoms with Gasteiger partial charge in [0.25, 0.3) is 0 Å². The highest BCUT2D eigenvalue weighted by atomic mass is 35.5. The molecular formula is C9H7ClFN. The molecule has 0 aliphatic rings. The average molecular weight is 184 g/mol. The molecule has 2 N–H and O–H groups in total. The molecule has 3 heteroatoms. The molecule has 1 nitrogen and oxygen atoms in total. The van der Waals surface area contributed by atoms with Crippen LogP contribution in [0.1, 0.15) is 5.56 Å². The fraction of sp³-hybridized carbons (Fsp3) is 0.111. The maximum Gasteiger partial charge on any atom is 0.138 e. The van der Waals surface area contributed by atoms with Crippen molar-refractivity contribution in [2.24, 2.45) is 0 Å². The van der Waals surface area contributed by atoms with Crippen LogP contribution in [0.5, 0.6) is 0 Å². The summed E-state index contributed by atoms with van der Waals surface area (Å²) in [7, 11) is 0. The van der Waals surface area contributed by atoms with E-state index in [0.29, 0.717) is 5.69 Å². The van der Waals surface area contributed by atoms with E-state index in [-0.39, 0.29) is 17.3 Å². The predicted octanol–water partition coefficient (Wildman–Crippen LogP) is 2.00. The predicted molar refractivity (Wildman–Crippen MR) is 48.4 cm³/mol. The number of rotatable bonds is 0. The van der Waals surface area contributed by atoms with E-state index in [9.17, 15) is 4.39 Å². The summed E-state index contributed by atoms with van der Waals surface area (Å²) in [6.45, 7) is 0. The first kappa shape index (κ1) is 8.89. The van der Waals surface area contributed by atoms with Crippen molar-refractivity contribution < 1.29 is 4.39 Å². The van der Waals surface area contributed by atoms with Crippen LogP contribution < -0.4 is 5.73 Å². The fourth-order valence-corrected chi connectivity index (χ4v) is 0.834. The van der Waals surface area contributed by atoms with Gasteiger partial charge in [0.05, 0.1) is 11.4 Å². The number of hydrogen-bond donors (Lipinski definition) is 1. The Balaban J connectivity index is 3.05. The Morgan fingerprint density at radius 2 is 2.25 bits per heavy atom. The summed E-state index contributed by atoms with van der Waals surface area (Å²) in [5.74, 6) is 4.93. The van der Waals surface area contributed by atoms with Gasteiger partial charge in [-0.05, 0) is 18.2 Å². The Kier molecular flexibility index (Phi) is 2.95. The number of benzene rings is 1. The molecule has 0 bridgehead atoms. The first-order valence-electron chi connectivity index (χ1n) is 3.34. The molecular weight excluding hydrogens is 177 g/mol. The molecule has 0 spiro atoms. The minimum Gasteiger partial charge on any atom is -0.399 e. The average Bonchev–Trinajstić information content (AvgIpc) is 2.07. The Hall–Kier alpha value is -1.20. The summed E-state index contributed by atoms with van der Waals surface area (Å²) in [6, 6.07) is 4.25. The molecule has 1 aromatic rings. The quantitative estimate of drug-likeness (QED) is 0.372. The highest BCUT2D eigenvalue weighted by molar-refractivity contribution is 6.19. The summed E-state index contributed by atoms with van der Waals surface area (Å²) in [4.78, 5) is 0. The van der Waals surface area contributed by atoms with E-state index in [1.807, 2.05) is 0 Å². The second-order valence-electron chi connectivity index (χ2n) is 2.17. The number of hydrogen-bond acceptors (Lipinski definition) is 1. The number of anilines is 1. The first-order chi connectivity index (χ1) is 5.74. The van der Waals surface area contributed by atoms with Crippen molar-refractivity contribution >= 4 is 17.3 Å². The number of halogens is 2. The van der Waals surface area contributed by atoms with Gasteiger partial charge >= 0.3 is 0 Å². The molecule has 0 atom stereocenters. The maximum atomic E-state index is 12.9. The monoisotopic (exact) mass is 183 g/mol. The van der Waals surface area contributed by atoms with Gasteiger partial charge in [-0.2, -0.15) is 0 Å². The molecule has 1 rings (SSSR count). The molecule has 0 aromatic heterocycles. The van der Waals surface area contributed by atoms with Crippen molar-refractivity contribution in [2.75, 3.05) is 11.6 Å². The molecule has 62 valence electrons. The molecule has 12 heavy (non-hydrogen) atoms. The second-order valence-corrected chi connectivity index (χ2v) is 2.44. The minimum atomic E-state index is -0.373. The minimum absolute atomic E-state index is 0.189. The Morgan fingerprint density at radius 3 is 2.92 bits per heavy atom. The molecule has 0 radical (unpaired) electrons. The lowest BCUT2D eigenvalue weighted by Gasteiger charge is -1.95. The zero-order chi connectivity index (χ0) is 8.97. The van der Waals surface area contributed by atoms with Gasteiger partial charge in [-0.1, -0.05) is 11.8 Å². The lowest BCUT2D eigenvalue weighted by molar-refractivity contribution is 0.624. The van der Waals surface area contributed by atoms with Crippen LogP contribution in [0.25, 0.3) is 0 Å². The van der Waals surface area contributed by atoms with E-state index in [1.54, 1.807) is 0 Å². The zero-order valence-corrected chi connectivity index (χ0v) is 7.03.